The number of ether oxygens (including phenoxy) is 4. The largest absolute Gasteiger partial charge is 0.493 e. The zero-order valence-electron chi connectivity index (χ0n) is 18.2. The highest BCUT2D eigenvalue weighted by Gasteiger charge is 2.18. The second-order valence-electron chi connectivity index (χ2n) is 6.62. The van der Waals surface area contributed by atoms with Crippen LogP contribution in [0, 0.1) is 13.8 Å². The summed E-state index contributed by atoms with van der Waals surface area (Å²) in [5.41, 5.74) is 2.74. The van der Waals surface area contributed by atoms with Crippen LogP contribution in [0.3, 0.4) is 0 Å². The van der Waals surface area contributed by atoms with Gasteiger partial charge >= 0.3 is 5.97 Å². The molecule has 2 aromatic carbocycles. The quantitative estimate of drug-likeness (QED) is 0.587. The van der Waals surface area contributed by atoms with Crippen LogP contribution in [0.2, 0.25) is 0 Å². The van der Waals surface area contributed by atoms with E-state index in [0.29, 0.717) is 22.9 Å². The van der Waals surface area contributed by atoms with Gasteiger partial charge in [0.1, 0.15) is 6.54 Å². The molecule has 0 radical (unpaired) electrons. The maximum absolute atomic E-state index is 12.4. The van der Waals surface area contributed by atoms with Gasteiger partial charge in [0.05, 0.1) is 21.3 Å². The van der Waals surface area contributed by atoms with E-state index in [-0.39, 0.29) is 5.56 Å². The van der Waals surface area contributed by atoms with Crippen molar-refractivity contribution in [3.8, 4) is 17.2 Å². The minimum absolute atomic E-state index is 0.204. The number of rotatable bonds is 9. The van der Waals surface area contributed by atoms with Gasteiger partial charge in [0.2, 0.25) is 5.75 Å². The van der Waals surface area contributed by atoms with Gasteiger partial charge in [0.25, 0.3) is 11.8 Å². The third kappa shape index (κ3) is 6.36. The fraction of sp³-hybridized carbons (Fsp3) is 0.318. The Labute approximate surface area is 180 Å². The molecule has 0 aromatic heterocycles. The Morgan fingerprint density at radius 3 is 2.13 bits per heavy atom. The number of nitrogens with one attached hydrogen (secondary N) is 2. The first-order valence-corrected chi connectivity index (χ1v) is 9.40. The molecular formula is C22H26N2O7. The molecule has 9 nitrogen and oxygen atoms in total. The molecule has 2 rings (SSSR count). The van der Waals surface area contributed by atoms with E-state index in [1.165, 1.54) is 33.5 Å². The number of aryl methyl sites for hydroxylation is 2. The van der Waals surface area contributed by atoms with Crippen LogP contribution in [0.4, 0.5) is 5.69 Å². The van der Waals surface area contributed by atoms with Gasteiger partial charge in [-0.25, -0.2) is 0 Å². The van der Waals surface area contributed by atoms with Crippen molar-refractivity contribution in [2.24, 2.45) is 0 Å². The van der Waals surface area contributed by atoms with Crippen molar-refractivity contribution in [2.75, 3.05) is 39.8 Å². The summed E-state index contributed by atoms with van der Waals surface area (Å²) in [6, 6.07) is 8.56. The third-order valence-electron chi connectivity index (χ3n) is 4.35. The molecule has 0 bridgehead atoms. The van der Waals surface area contributed by atoms with Gasteiger partial charge in [-0.05, 0) is 43.2 Å². The number of carbonyl (C=O) groups excluding carboxylic acids is 3. The van der Waals surface area contributed by atoms with E-state index in [4.69, 9.17) is 18.9 Å². The summed E-state index contributed by atoms with van der Waals surface area (Å²) in [6.45, 7) is 2.89. The van der Waals surface area contributed by atoms with E-state index in [9.17, 15) is 14.4 Å². The molecule has 0 heterocycles. The summed E-state index contributed by atoms with van der Waals surface area (Å²) >= 11 is 0. The standard InChI is InChI=1S/C22H26N2O7/c1-13-6-7-14(2)16(8-13)24-19(25)12-31-20(26)11-23-22(27)15-9-17(28-3)21(30-5)18(10-15)29-4/h6-10H,11-12H2,1-5H3,(H,23,27)(H,24,25). The molecule has 31 heavy (non-hydrogen) atoms. The summed E-state index contributed by atoms with van der Waals surface area (Å²) in [5, 5.41) is 5.12. The van der Waals surface area contributed by atoms with Crippen LogP contribution in [-0.4, -0.2) is 52.3 Å². The Hall–Kier alpha value is -3.75. The molecule has 0 saturated carbocycles. The highest BCUT2D eigenvalue weighted by molar-refractivity contribution is 5.97. The number of methoxy groups -OCH3 is 3. The Balaban J connectivity index is 1.89. The third-order valence-corrected chi connectivity index (χ3v) is 4.35. The fourth-order valence-corrected chi connectivity index (χ4v) is 2.72. The molecule has 0 fully saturated rings. The van der Waals surface area contributed by atoms with Gasteiger partial charge in [-0.1, -0.05) is 12.1 Å². The lowest BCUT2D eigenvalue weighted by molar-refractivity contribution is -0.146. The molecule has 0 atom stereocenters. The van der Waals surface area contributed by atoms with Gasteiger partial charge in [-0.3, -0.25) is 14.4 Å². The Kier molecular flexibility index (Phi) is 8.25. The van der Waals surface area contributed by atoms with Gasteiger partial charge in [-0.15, -0.1) is 0 Å². The Bertz CT molecular complexity index is 947. The van der Waals surface area contributed by atoms with Gasteiger partial charge < -0.3 is 29.6 Å². The summed E-state index contributed by atoms with van der Waals surface area (Å²) < 4.78 is 20.5. The molecule has 0 unspecified atom stereocenters. The maximum atomic E-state index is 12.4. The second kappa shape index (κ2) is 10.9. The van der Waals surface area contributed by atoms with Gasteiger partial charge in [-0.2, -0.15) is 0 Å². The smallest absolute Gasteiger partial charge is 0.325 e. The lowest BCUT2D eigenvalue weighted by Gasteiger charge is -2.14. The number of hydrogen-bond donors (Lipinski definition) is 2. The molecule has 2 aromatic rings. The summed E-state index contributed by atoms with van der Waals surface area (Å²) in [5.74, 6) is -0.822. The second-order valence-corrected chi connectivity index (χ2v) is 6.62. The van der Waals surface area contributed by atoms with Gasteiger partial charge in [0, 0.05) is 11.3 Å². The monoisotopic (exact) mass is 430 g/mol. The van der Waals surface area contributed by atoms with E-state index in [2.05, 4.69) is 10.6 Å². The number of benzene rings is 2. The topological polar surface area (TPSA) is 112 Å². The predicted molar refractivity (Wildman–Crippen MR) is 114 cm³/mol. The number of esters is 1. The SMILES string of the molecule is COc1cc(C(=O)NCC(=O)OCC(=O)Nc2cc(C)ccc2C)cc(OC)c1OC. The molecule has 0 aliphatic heterocycles. The van der Waals surface area contributed by atoms with E-state index in [1.54, 1.807) is 0 Å². The number of hydrogen-bond acceptors (Lipinski definition) is 7. The lowest BCUT2D eigenvalue weighted by Crippen LogP contribution is -2.32. The fourth-order valence-electron chi connectivity index (χ4n) is 2.72. The molecule has 2 amide bonds. The average molecular weight is 430 g/mol. The van der Waals surface area contributed by atoms with Crippen LogP contribution < -0.4 is 24.8 Å². The highest BCUT2D eigenvalue weighted by Crippen LogP contribution is 2.38. The first-order chi connectivity index (χ1) is 14.8. The highest BCUT2D eigenvalue weighted by atomic mass is 16.5. The summed E-state index contributed by atoms with van der Waals surface area (Å²) in [7, 11) is 4.31. The summed E-state index contributed by atoms with van der Waals surface area (Å²) in [4.78, 5) is 36.3. The number of amides is 2. The molecular weight excluding hydrogens is 404 g/mol. The molecule has 0 spiro atoms. The van der Waals surface area contributed by atoms with E-state index < -0.39 is 30.9 Å². The van der Waals surface area contributed by atoms with Crippen LogP contribution in [0.25, 0.3) is 0 Å². The molecule has 0 aliphatic carbocycles. The lowest BCUT2D eigenvalue weighted by atomic mass is 10.1. The molecule has 166 valence electrons. The van der Waals surface area contributed by atoms with Crippen molar-refractivity contribution in [1.29, 1.82) is 0 Å². The Morgan fingerprint density at radius 1 is 0.903 bits per heavy atom. The van der Waals surface area contributed by atoms with Crippen LogP contribution >= 0.6 is 0 Å². The Morgan fingerprint density at radius 2 is 1.55 bits per heavy atom. The van der Waals surface area contributed by atoms with Crippen molar-refractivity contribution in [2.45, 2.75) is 13.8 Å². The van der Waals surface area contributed by atoms with Crippen LogP contribution in [0.5, 0.6) is 17.2 Å². The van der Waals surface area contributed by atoms with Crippen LogP contribution in [0.15, 0.2) is 30.3 Å². The first kappa shape index (κ1) is 23.5. The average Bonchev–Trinajstić information content (AvgIpc) is 2.77. The van der Waals surface area contributed by atoms with Crippen LogP contribution in [0.1, 0.15) is 21.5 Å². The molecule has 0 aliphatic rings. The molecule has 0 saturated heterocycles. The predicted octanol–water partition coefficient (Wildman–Crippen LogP) is 2.24. The zero-order valence-corrected chi connectivity index (χ0v) is 18.2. The van der Waals surface area contributed by atoms with E-state index in [1.807, 2.05) is 32.0 Å². The van der Waals surface area contributed by atoms with Crippen molar-refractivity contribution in [3.63, 3.8) is 0 Å². The zero-order chi connectivity index (χ0) is 23.0. The van der Waals surface area contributed by atoms with Crippen molar-refractivity contribution < 1.29 is 33.3 Å². The minimum atomic E-state index is -0.753. The van der Waals surface area contributed by atoms with Crippen LogP contribution in [-0.2, 0) is 14.3 Å². The van der Waals surface area contributed by atoms with E-state index >= 15 is 0 Å². The van der Waals surface area contributed by atoms with Crippen molar-refractivity contribution in [3.05, 3.63) is 47.0 Å². The van der Waals surface area contributed by atoms with Crippen molar-refractivity contribution in [1.82, 2.24) is 5.32 Å². The first-order valence-electron chi connectivity index (χ1n) is 9.40. The maximum Gasteiger partial charge on any atom is 0.325 e. The normalized spacial score (nSPS) is 10.1. The summed E-state index contributed by atoms with van der Waals surface area (Å²) in [6.07, 6.45) is 0. The van der Waals surface area contributed by atoms with E-state index in [0.717, 1.165) is 11.1 Å². The van der Waals surface area contributed by atoms with Gasteiger partial charge in [0.15, 0.2) is 18.1 Å². The minimum Gasteiger partial charge on any atom is -0.493 e. The molecule has 9 heteroatoms. The molecule has 2 N–H and O–H groups in total. The van der Waals surface area contributed by atoms with Crippen molar-refractivity contribution >= 4 is 23.5 Å². The number of anilines is 1. The number of carbonyl (C=O) groups is 3.